The third-order valence-corrected chi connectivity index (χ3v) is 3.21. The van der Waals surface area contributed by atoms with Crippen LogP contribution >= 0.6 is 0 Å². The van der Waals surface area contributed by atoms with Crippen LogP contribution in [0.3, 0.4) is 0 Å². The Morgan fingerprint density at radius 2 is 2.05 bits per heavy atom. The van der Waals surface area contributed by atoms with Gasteiger partial charge in [-0.15, -0.1) is 5.56 Å². The molecule has 20 heavy (non-hydrogen) atoms. The molecule has 0 atom stereocenters. The number of ether oxygens (including phenoxy) is 1. The molecule has 0 saturated carbocycles. The van der Waals surface area contributed by atoms with Crippen LogP contribution in [-0.2, 0) is 21.8 Å². The van der Waals surface area contributed by atoms with Gasteiger partial charge in [-0.05, 0) is 25.8 Å². The van der Waals surface area contributed by atoms with Crippen molar-refractivity contribution in [2.24, 2.45) is 0 Å². The molecular weight excluding hydrogens is 294 g/mol. The molecule has 1 aromatic rings. The Morgan fingerprint density at radius 3 is 2.65 bits per heavy atom. The molecule has 0 aliphatic carbocycles. The first-order valence-electron chi connectivity index (χ1n) is 6.29. The number of nitrogens with zero attached hydrogens (tertiary/aromatic N) is 1. The van der Waals surface area contributed by atoms with Gasteiger partial charge in [-0.2, -0.15) is 30.3 Å². The van der Waals surface area contributed by atoms with Crippen LogP contribution in [0.5, 0.6) is 0 Å². The van der Waals surface area contributed by atoms with Gasteiger partial charge in [0, 0.05) is 13.1 Å². The minimum Gasteiger partial charge on any atom is -0.450 e. The van der Waals surface area contributed by atoms with E-state index in [0.717, 1.165) is 13.0 Å². The molecule has 0 N–H and O–H groups in total. The molecule has 1 amide bonds. The fraction of sp³-hybridized carbons (Fsp3) is 0.375. The van der Waals surface area contributed by atoms with Crippen molar-refractivity contribution in [3.05, 3.63) is 48.9 Å². The predicted octanol–water partition coefficient (Wildman–Crippen LogP) is 3.57. The van der Waals surface area contributed by atoms with Gasteiger partial charge in [-0.25, -0.2) is 4.79 Å². The summed E-state index contributed by atoms with van der Waals surface area (Å²) in [6, 6.07) is 10.9. The summed E-state index contributed by atoms with van der Waals surface area (Å²) >= 11 is 0. The van der Waals surface area contributed by atoms with E-state index >= 15 is 0 Å². The molecule has 0 fully saturated rings. The van der Waals surface area contributed by atoms with Crippen molar-refractivity contribution in [1.82, 2.24) is 4.90 Å². The summed E-state index contributed by atoms with van der Waals surface area (Å²) < 4.78 is 5.06. The minimum atomic E-state index is -0.218. The standard InChI is InChI=1S/C15H18NO2.CH3.Fe/c1-3-18-15(17)16-10-9-12(2)14(11-16)13-7-5-4-6-8-13;;/h5-8H,3,9-11H2,1-2H3;1H3;/q2*-1;+2. The van der Waals surface area contributed by atoms with Gasteiger partial charge >= 0.3 is 23.2 Å². The number of amides is 1. The fourth-order valence-electron chi connectivity index (χ4n) is 2.15. The van der Waals surface area contributed by atoms with E-state index in [1.807, 2.05) is 31.2 Å². The molecule has 1 aliphatic heterocycles. The number of rotatable bonds is 2. The van der Waals surface area contributed by atoms with Crippen molar-refractivity contribution >= 4 is 11.7 Å². The van der Waals surface area contributed by atoms with Gasteiger partial charge in [0.2, 0.25) is 0 Å². The van der Waals surface area contributed by atoms with E-state index in [0.29, 0.717) is 13.2 Å². The molecule has 0 saturated heterocycles. The van der Waals surface area contributed by atoms with E-state index in [4.69, 9.17) is 4.74 Å². The summed E-state index contributed by atoms with van der Waals surface area (Å²) in [6.45, 7) is 5.76. The molecule has 0 unspecified atom stereocenters. The van der Waals surface area contributed by atoms with Gasteiger partial charge in [0.25, 0.3) is 0 Å². The molecule has 4 heteroatoms. The van der Waals surface area contributed by atoms with Gasteiger partial charge in [-0.1, -0.05) is 5.57 Å². The largest absolute Gasteiger partial charge is 2.00 e. The smallest absolute Gasteiger partial charge is 0.450 e. The zero-order chi connectivity index (χ0) is 13.0. The first kappa shape index (κ1) is 18.7. The number of benzene rings is 1. The monoisotopic (exact) mass is 315 g/mol. The van der Waals surface area contributed by atoms with Crippen molar-refractivity contribution in [1.29, 1.82) is 0 Å². The van der Waals surface area contributed by atoms with Crippen LogP contribution < -0.4 is 0 Å². The predicted molar refractivity (Wildman–Crippen MR) is 77.5 cm³/mol. The molecule has 1 aromatic carbocycles. The van der Waals surface area contributed by atoms with E-state index in [9.17, 15) is 4.79 Å². The number of carbonyl (C=O) groups is 1. The van der Waals surface area contributed by atoms with Crippen molar-refractivity contribution in [3.63, 3.8) is 0 Å². The minimum absolute atomic E-state index is 0. The first-order valence-corrected chi connectivity index (χ1v) is 6.29. The Bertz CT molecular complexity index is 457. The van der Waals surface area contributed by atoms with Crippen molar-refractivity contribution in [3.8, 4) is 0 Å². The molecule has 3 nitrogen and oxygen atoms in total. The van der Waals surface area contributed by atoms with Crippen LogP contribution in [0.25, 0.3) is 5.57 Å². The number of hydrogen-bond acceptors (Lipinski definition) is 2. The maximum absolute atomic E-state index is 11.8. The topological polar surface area (TPSA) is 29.5 Å². The van der Waals surface area contributed by atoms with E-state index in [2.05, 4.69) is 13.0 Å². The van der Waals surface area contributed by atoms with Gasteiger partial charge in [0.05, 0.1) is 6.61 Å². The summed E-state index contributed by atoms with van der Waals surface area (Å²) in [7, 11) is 0. The second-order valence-corrected chi connectivity index (χ2v) is 4.42. The van der Waals surface area contributed by atoms with E-state index in [1.54, 1.807) is 4.90 Å². The zero-order valence-electron chi connectivity index (χ0n) is 12.3. The maximum atomic E-state index is 11.8. The van der Waals surface area contributed by atoms with Gasteiger partial charge in [0.15, 0.2) is 0 Å². The van der Waals surface area contributed by atoms with Crippen molar-refractivity contribution in [2.45, 2.75) is 20.3 Å². The summed E-state index contributed by atoms with van der Waals surface area (Å²) in [5, 5.41) is 0. The Kier molecular flexibility index (Phi) is 8.28. The van der Waals surface area contributed by atoms with E-state index < -0.39 is 0 Å². The SMILES string of the molecule is CCOC(=O)N1CCC(C)=C(c2cc[c-]cc2)C1.[CH3-].[Fe+2]. The summed E-state index contributed by atoms with van der Waals surface area (Å²) in [6.07, 6.45) is 0.692. The molecule has 0 aromatic heterocycles. The zero-order valence-corrected chi connectivity index (χ0v) is 13.4. The number of carbonyl (C=O) groups excluding carboxylic acids is 1. The molecule has 1 heterocycles. The summed E-state index contributed by atoms with van der Waals surface area (Å²) in [4.78, 5) is 13.5. The van der Waals surface area contributed by atoms with E-state index in [1.165, 1.54) is 16.7 Å². The van der Waals surface area contributed by atoms with Crippen LogP contribution in [-0.4, -0.2) is 30.7 Å². The molecule has 2 rings (SSSR count). The summed E-state index contributed by atoms with van der Waals surface area (Å²) in [5.41, 5.74) is 3.74. The maximum Gasteiger partial charge on any atom is 2.00 e. The fourth-order valence-corrected chi connectivity index (χ4v) is 2.15. The van der Waals surface area contributed by atoms with Crippen molar-refractivity contribution < 1.29 is 26.6 Å². The van der Waals surface area contributed by atoms with Crippen molar-refractivity contribution in [2.75, 3.05) is 19.7 Å². The Hall–Kier alpha value is -1.25. The Morgan fingerprint density at radius 1 is 1.40 bits per heavy atom. The second kappa shape index (κ2) is 8.83. The summed E-state index contributed by atoms with van der Waals surface area (Å²) in [5.74, 6) is 0. The van der Waals surface area contributed by atoms with Crippen LogP contribution in [0.15, 0.2) is 29.8 Å². The van der Waals surface area contributed by atoms with Crippen LogP contribution in [0.4, 0.5) is 4.79 Å². The Labute approximate surface area is 132 Å². The van der Waals surface area contributed by atoms with Crippen LogP contribution in [0.2, 0.25) is 0 Å². The van der Waals surface area contributed by atoms with Gasteiger partial charge < -0.3 is 17.1 Å². The average Bonchev–Trinajstić information content (AvgIpc) is 2.40. The normalized spacial score (nSPS) is 14.2. The molecule has 0 radical (unpaired) electrons. The molecule has 0 bridgehead atoms. The second-order valence-electron chi connectivity index (χ2n) is 4.42. The van der Waals surface area contributed by atoms with Gasteiger partial charge in [0.1, 0.15) is 0 Å². The van der Waals surface area contributed by atoms with Crippen LogP contribution in [0.1, 0.15) is 25.8 Å². The molecule has 110 valence electrons. The average molecular weight is 315 g/mol. The molecular formula is C16H21FeNO2. The third-order valence-electron chi connectivity index (χ3n) is 3.21. The quantitative estimate of drug-likeness (QED) is 0.617. The van der Waals surface area contributed by atoms with E-state index in [-0.39, 0.29) is 30.6 Å². The number of hydrogen-bond donors (Lipinski definition) is 0. The Balaban J connectivity index is 0.00000180. The van der Waals surface area contributed by atoms with Crippen LogP contribution in [0, 0.1) is 13.5 Å². The third kappa shape index (κ3) is 4.39. The molecule has 0 spiro atoms. The first-order chi connectivity index (χ1) is 8.72. The molecule has 1 aliphatic rings. The van der Waals surface area contributed by atoms with Gasteiger partial charge in [-0.3, -0.25) is 0 Å².